The molecule has 4 amide bonds. The van der Waals surface area contributed by atoms with Crippen molar-refractivity contribution in [3.63, 3.8) is 0 Å². The lowest BCUT2D eigenvalue weighted by Gasteiger charge is -2.12. The number of aromatic nitrogens is 8. The molecule has 0 aliphatic heterocycles. The van der Waals surface area contributed by atoms with Crippen LogP contribution in [0.3, 0.4) is 0 Å². The molecule has 18 nitrogen and oxygen atoms in total. The van der Waals surface area contributed by atoms with E-state index in [2.05, 4.69) is 30.8 Å². The number of aliphatic carboxylic acids is 1. The number of carbonyl (C=O) groups is 5. The predicted octanol–water partition coefficient (Wildman–Crippen LogP) is 3.02. The van der Waals surface area contributed by atoms with E-state index in [9.17, 15) is 29.1 Å². The quantitative estimate of drug-likeness (QED) is 0.102. The van der Waals surface area contributed by atoms with Gasteiger partial charge < -0.3 is 25.7 Å². The molecule has 0 bridgehead atoms. The van der Waals surface area contributed by atoms with Gasteiger partial charge in [-0.05, 0) is 75.7 Å². The molecule has 0 aliphatic carbocycles. The van der Waals surface area contributed by atoms with Gasteiger partial charge in [0.2, 0.25) is 23.7 Å². The van der Waals surface area contributed by atoms with Crippen molar-refractivity contribution in [2.24, 2.45) is 11.5 Å². The number of nitrogens with one attached hydrogen (secondary N) is 2. The summed E-state index contributed by atoms with van der Waals surface area (Å²) in [5, 5.41) is 24.1. The number of hydrogen-bond donors (Lipinski definition) is 5. The van der Waals surface area contributed by atoms with Crippen LogP contribution in [-0.2, 0) is 37.4 Å². The maximum absolute atomic E-state index is 13.5. The fourth-order valence-corrected chi connectivity index (χ4v) is 6.26. The Bertz CT molecular complexity index is 2520. The number of amides is 4. The molecule has 0 spiro atoms. The number of nitrogens with zero attached hydrogens (tertiary/aromatic N) is 8. The molecule has 0 atom stereocenters. The number of primary amides is 2. The third-order valence-corrected chi connectivity index (χ3v) is 8.64. The van der Waals surface area contributed by atoms with Crippen LogP contribution >= 0.6 is 0 Å². The minimum atomic E-state index is -1.15. The number of imidazole rings is 2. The van der Waals surface area contributed by atoms with Crippen molar-refractivity contribution in [2.45, 2.75) is 60.3 Å². The Morgan fingerprint density at radius 3 is 1.78 bits per heavy atom. The summed E-state index contributed by atoms with van der Waals surface area (Å²) in [6, 6.07) is 10.9. The van der Waals surface area contributed by atoms with E-state index < -0.39 is 36.0 Å². The smallest absolute Gasteiger partial charge is 0.307 e. The SMILES string of the molecule is CCn1nc(C)cc1C(=O)Nc1nc2cc(C(N)=O)ccc2n1C/C=C/Cn1c(NC(=O)c2cc(C)nn2CC)nc2cc(C(N)=O)cc(CC(=O)O)c21. The number of benzene rings is 2. The predicted molar refractivity (Wildman–Crippen MR) is 198 cm³/mol. The number of aryl methyl sites for hydroxylation is 4. The highest BCUT2D eigenvalue weighted by atomic mass is 16.4. The van der Waals surface area contributed by atoms with Gasteiger partial charge >= 0.3 is 5.97 Å². The molecule has 0 radical (unpaired) electrons. The summed E-state index contributed by atoms with van der Waals surface area (Å²) in [6.45, 7) is 8.48. The van der Waals surface area contributed by atoms with Gasteiger partial charge in [-0.3, -0.25) is 44.0 Å². The van der Waals surface area contributed by atoms with E-state index in [1.165, 1.54) is 18.2 Å². The zero-order chi connectivity index (χ0) is 38.8. The first-order chi connectivity index (χ1) is 25.8. The fraction of sp³-hybridized carbons (Fsp3) is 0.250. The molecule has 0 saturated carbocycles. The number of rotatable bonds is 14. The van der Waals surface area contributed by atoms with Gasteiger partial charge in [-0.25, -0.2) is 9.97 Å². The second kappa shape index (κ2) is 14.9. The topological polar surface area (TPSA) is 253 Å². The van der Waals surface area contributed by atoms with Crippen LogP contribution in [0.2, 0.25) is 0 Å². The number of nitrogens with two attached hydrogens (primary N) is 2. The van der Waals surface area contributed by atoms with Crippen LogP contribution in [0.15, 0.2) is 54.6 Å². The zero-order valence-electron chi connectivity index (χ0n) is 30.0. The highest BCUT2D eigenvalue weighted by Crippen LogP contribution is 2.27. The van der Waals surface area contributed by atoms with Gasteiger partial charge in [0.05, 0.1) is 39.9 Å². The molecule has 2 aromatic carbocycles. The molecule has 0 fully saturated rings. The van der Waals surface area contributed by atoms with Crippen LogP contribution in [0, 0.1) is 13.8 Å². The Balaban J connectivity index is 1.38. The van der Waals surface area contributed by atoms with E-state index in [-0.39, 0.29) is 47.2 Å². The lowest BCUT2D eigenvalue weighted by Crippen LogP contribution is -2.20. The summed E-state index contributed by atoms with van der Waals surface area (Å²) in [4.78, 5) is 72.2. The van der Waals surface area contributed by atoms with Crippen molar-refractivity contribution in [3.05, 3.63) is 94.1 Å². The number of hydrogen-bond acceptors (Lipinski definition) is 9. The minimum absolute atomic E-state index is 0.0645. The lowest BCUT2D eigenvalue weighted by atomic mass is 10.1. The average molecular weight is 735 g/mol. The van der Waals surface area contributed by atoms with Crippen molar-refractivity contribution in [1.82, 2.24) is 38.7 Å². The highest BCUT2D eigenvalue weighted by molar-refractivity contribution is 6.05. The lowest BCUT2D eigenvalue weighted by molar-refractivity contribution is -0.136. The number of allylic oxidation sites excluding steroid dienone is 2. The number of carboxylic acid groups (broad SMARTS) is 1. The molecular weight excluding hydrogens is 696 g/mol. The maximum atomic E-state index is 13.5. The first kappa shape index (κ1) is 36.7. The van der Waals surface area contributed by atoms with Crippen molar-refractivity contribution in [3.8, 4) is 0 Å². The van der Waals surface area contributed by atoms with Crippen molar-refractivity contribution >= 4 is 63.6 Å². The van der Waals surface area contributed by atoms with Gasteiger partial charge in [-0.1, -0.05) is 12.2 Å². The van der Waals surface area contributed by atoms with E-state index in [4.69, 9.17) is 11.5 Å². The van der Waals surface area contributed by atoms with E-state index in [1.54, 1.807) is 68.8 Å². The Kier molecular flexibility index (Phi) is 10.1. The van der Waals surface area contributed by atoms with Crippen molar-refractivity contribution < 1.29 is 29.1 Å². The molecule has 0 aliphatic rings. The average Bonchev–Trinajstić information content (AvgIpc) is 3.88. The Morgan fingerprint density at radius 1 is 0.722 bits per heavy atom. The van der Waals surface area contributed by atoms with Crippen molar-refractivity contribution in [2.75, 3.05) is 10.6 Å². The zero-order valence-corrected chi connectivity index (χ0v) is 30.0. The van der Waals surface area contributed by atoms with E-state index >= 15 is 0 Å². The summed E-state index contributed by atoms with van der Waals surface area (Å²) in [7, 11) is 0. The molecule has 278 valence electrons. The van der Waals surface area contributed by atoms with Crippen LogP contribution in [0.5, 0.6) is 0 Å². The summed E-state index contributed by atoms with van der Waals surface area (Å²) in [6.07, 6.45) is 3.12. The number of carbonyl (C=O) groups excluding carboxylic acids is 4. The van der Waals surface area contributed by atoms with Gasteiger partial charge in [0.15, 0.2) is 0 Å². The third kappa shape index (κ3) is 7.29. The van der Waals surface area contributed by atoms with Crippen LogP contribution < -0.4 is 22.1 Å². The molecule has 18 heteroatoms. The third-order valence-electron chi connectivity index (χ3n) is 8.64. The largest absolute Gasteiger partial charge is 0.481 e. The summed E-state index contributed by atoms with van der Waals surface area (Å²) in [5.41, 5.74) is 15.3. The molecule has 4 heterocycles. The molecule has 54 heavy (non-hydrogen) atoms. The Labute approximate surface area is 307 Å². The fourth-order valence-electron chi connectivity index (χ4n) is 6.26. The number of anilines is 2. The molecule has 6 rings (SSSR count). The molecule has 4 aromatic heterocycles. The van der Waals surface area contributed by atoms with E-state index in [0.717, 1.165) is 0 Å². The minimum Gasteiger partial charge on any atom is -0.481 e. The van der Waals surface area contributed by atoms with Gasteiger partial charge in [0.25, 0.3) is 11.8 Å². The monoisotopic (exact) mass is 734 g/mol. The van der Waals surface area contributed by atoms with Crippen LogP contribution in [-0.4, -0.2) is 73.4 Å². The highest BCUT2D eigenvalue weighted by Gasteiger charge is 2.22. The molecular formula is C36H38N12O6. The maximum Gasteiger partial charge on any atom is 0.307 e. The Hall–Kier alpha value is -7.11. The normalized spacial score (nSPS) is 11.5. The number of carboxylic acids is 1. The molecule has 6 aromatic rings. The first-order valence-corrected chi connectivity index (χ1v) is 17.0. The van der Waals surface area contributed by atoms with Crippen LogP contribution in [0.1, 0.15) is 72.5 Å². The second-order valence-electron chi connectivity index (χ2n) is 12.5. The Morgan fingerprint density at radius 2 is 1.24 bits per heavy atom. The van der Waals surface area contributed by atoms with Crippen LogP contribution in [0.25, 0.3) is 22.1 Å². The van der Waals surface area contributed by atoms with Gasteiger partial charge in [-0.2, -0.15) is 10.2 Å². The van der Waals surface area contributed by atoms with Gasteiger partial charge in [-0.15, -0.1) is 0 Å². The molecule has 0 unspecified atom stereocenters. The van der Waals surface area contributed by atoms with Gasteiger partial charge in [0.1, 0.15) is 11.4 Å². The van der Waals surface area contributed by atoms with Crippen LogP contribution in [0.4, 0.5) is 11.9 Å². The van der Waals surface area contributed by atoms with Crippen molar-refractivity contribution in [1.29, 1.82) is 0 Å². The summed E-state index contributed by atoms with van der Waals surface area (Å²) in [5.74, 6) is -3.17. The first-order valence-electron chi connectivity index (χ1n) is 17.0. The standard InChI is InChI=1S/C36H38N12O6/c1-5-47-27(13-19(3)43-47)33(53)41-35-39-24-16-21(31(37)51)9-10-26(24)45(35)11-7-8-12-46-30-22(18-29(49)50)15-23(32(38)52)17-25(30)40-36(46)42-34(54)28-14-20(4)44-48(28)6-2/h7-10,13-17H,5-6,11-12,18H2,1-4H3,(H2,37,51)(H2,38,52)(H,49,50)(H,39,41,53)(H,40,42,54)/b8-7+. The summed E-state index contributed by atoms with van der Waals surface area (Å²) < 4.78 is 6.51. The molecule has 7 N–H and O–H groups in total. The second-order valence-corrected chi connectivity index (χ2v) is 12.5. The van der Waals surface area contributed by atoms with E-state index in [1.807, 2.05) is 13.8 Å². The molecule has 0 saturated heterocycles. The number of fused-ring (bicyclic) bond motifs is 2. The van der Waals surface area contributed by atoms with E-state index in [0.29, 0.717) is 52.4 Å². The summed E-state index contributed by atoms with van der Waals surface area (Å²) >= 11 is 0. The van der Waals surface area contributed by atoms with Gasteiger partial charge in [0, 0.05) is 37.3 Å².